The molecule has 5 nitrogen and oxygen atoms in total. The van der Waals surface area contributed by atoms with Gasteiger partial charge in [0.2, 0.25) is 0 Å². The molecule has 0 spiro atoms. The van der Waals surface area contributed by atoms with Crippen LogP contribution in [-0.2, 0) is 10.0 Å². The van der Waals surface area contributed by atoms with Crippen molar-refractivity contribution >= 4 is 66.4 Å². The van der Waals surface area contributed by atoms with Crippen molar-refractivity contribution in [3.63, 3.8) is 0 Å². The summed E-state index contributed by atoms with van der Waals surface area (Å²) in [6, 6.07) is 16.9. The Morgan fingerprint density at radius 2 is 1.64 bits per heavy atom. The lowest BCUT2D eigenvalue weighted by molar-refractivity contribution is -0.212. The molecule has 3 aromatic carbocycles. The zero-order valence-corrected chi connectivity index (χ0v) is 18.0. The molecule has 0 unspecified atom stereocenters. The van der Waals surface area contributed by atoms with E-state index in [0.717, 1.165) is 4.47 Å². The minimum Gasteiger partial charge on any atom is -0.858 e. The summed E-state index contributed by atoms with van der Waals surface area (Å²) in [5, 5.41) is 13.2. The van der Waals surface area contributed by atoms with E-state index in [4.69, 9.17) is 23.2 Å². The number of halogens is 3. The van der Waals surface area contributed by atoms with Crippen molar-refractivity contribution in [3.05, 3.63) is 86.8 Å². The Kier molecular flexibility index (Phi) is 6.30. The first kappa shape index (κ1) is 20.7. The summed E-state index contributed by atoms with van der Waals surface area (Å²) < 4.78 is 28.4. The van der Waals surface area contributed by atoms with Crippen LogP contribution < -0.4 is 9.83 Å². The SMILES string of the molecule is O=S(=O)(Nc1ccccc1C([O-])=Nc1ccc(Cl)c(Cl)c1)c1ccc(Br)cc1. The Balaban J connectivity index is 1.95. The van der Waals surface area contributed by atoms with Crippen molar-refractivity contribution in [2.45, 2.75) is 4.90 Å². The van der Waals surface area contributed by atoms with Gasteiger partial charge in [-0.05, 0) is 54.4 Å². The lowest BCUT2D eigenvalue weighted by Gasteiger charge is -2.17. The van der Waals surface area contributed by atoms with Gasteiger partial charge >= 0.3 is 0 Å². The van der Waals surface area contributed by atoms with Crippen LogP contribution in [0.15, 0.2) is 81.1 Å². The summed E-state index contributed by atoms with van der Waals surface area (Å²) in [5.41, 5.74) is 0.540. The van der Waals surface area contributed by atoms with Gasteiger partial charge in [0.15, 0.2) is 0 Å². The van der Waals surface area contributed by atoms with Gasteiger partial charge in [-0.25, -0.2) is 8.42 Å². The number of nitrogens with one attached hydrogen (secondary N) is 1. The summed E-state index contributed by atoms with van der Waals surface area (Å²) in [6.45, 7) is 0. The molecule has 0 heterocycles. The van der Waals surface area contributed by atoms with Crippen molar-refractivity contribution in [1.29, 1.82) is 0 Å². The molecule has 0 fully saturated rings. The number of hydrogen-bond donors (Lipinski definition) is 1. The van der Waals surface area contributed by atoms with Gasteiger partial charge in [-0.3, -0.25) is 9.71 Å². The Morgan fingerprint density at radius 3 is 2.32 bits per heavy atom. The van der Waals surface area contributed by atoms with Crippen molar-refractivity contribution in [3.8, 4) is 0 Å². The fourth-order valence-corrected chi connectivity index (χ4v) is 3.94. The first-order valence-corrected chi connectivity index (χ1v) is 10.9. The van der Waals surface area contributed by atoms with Gasteiger partial charge in [-0.2, -0.15) is 0 Å². The van der Waals surface area contributed by atoms with Crippen LogP contribution in [-0.4, -0.2) is 14.3 Å². The second kappa shape index (κ2) is 8.53. The normalized spacial score (nSPS) is 12.0. The van der Waals surface area contributed by atoms with E-state index >= 15 is 0 Å². The van der Waals surface area contributed by atoms with Crippen LogP contribution in [0.4, 0.5) is 11.4 Å². The monoisotopic (exact) mass is 497 g/mol. The van der Waals surface area contributed by atoms with Crippen LogP contribution >= 0.6 is 39.1 Å². The molecule has 1 N–H and O–H groups in total. The lowest BCUT2D eigenvalue weighted by Crippen LogP contribution is -2.22. The Bertz CT molecular complexity index is 1150. The van der Waals surface area contributed by atoms with Crippen molar-refractivity contribution in [2.24, 2.45) is 4.99 Å². The van der Waals surface area contributed by atoms with Crippen LogP contribution in [0.25, 0.3) is 0 Å². The second-order valence-electron chi connectivity index (χ2n) is 5.62. The van der Waals surface area contributed by atoms with Gasteiger partial charge in [0.25, 0.3) is 10.0 Å². The van der Waals surface area contributed by atoms with E-state index in [1.807, 2.05) is 0 Å². The predicted octanol–water partition coefficient (Wildman–Crippen LogP) is 5.00. The Morgan fingerprint density at radius 1 is 0.964 bits per heavy atom. The standard InChI is InChI=1S/C19H13BrCl2N2O3S/c20-12-5-8-14(9-6-12)28(26,27)24-18-4-2-1-3-15(18)19(25)23-13-7-10-16(21)17(22)11-13/h1-11,24H,(H,23,25)/p-1. The quantitative estimate of drug-likeness (QED) is 0.397. The van der Waals surface area contributed by atoms with Crippen LogP contribution in [0.2, 0.25) is 10.0 Å². The molecule has 28 heavy (non-hydrogen) atoms. The molecule has 0 saturated heterocycles. The third-order valence-electron chi connectivity index (χ3n) is 3.66. The molecule has 0 aliphatic heterocycles. The molecule has 0 aliphatic carbocycles. The van der Waals surface area contributed by atoms with Crippen molar-refractivity contribution < 1.29 is 13.5 Å². The molecule has 0 bridgehead atoms. The summed E-state index contributed by atoms with van der Waals surface area (Å²) >= 11 is 15.1. The van der Waals surface area contributed by atoms with Crippen molar-refractivity contribution in [2.75, 3.05) is 4.72 Å². The number of nitrogens with zero attached hydrogens (tertiary/aromatic N) is 1. The zero-order chi connectivity index (χ0) is 20.3. The van der Waals surface area contributed by atoms with Crippen molar-refractivity contribution in [1.82, 2.24) is 0 Å². The largest absolute Gasteiger partial charge is 0.858 e. The van der Waals surface area contributed by atoms with E-state index < -0.39 is 15.9 Å². The van der Waals surface area contributed by atoms with Crippen LogP contribution in [0, 0.1) is 0 Å². The average molecular weight is 499 g/mol. The van der Waals surface area contributed by atoms with Crippen LogP contribution in [0.5, 0.6) is 0 Å². The van der Waals surface area contributed by atoms with Crippen LogP contribution in [0.3, 0.4) is 0 Å². The first-order chi connectivity index (χ1) is 13.3. The Labute approximate surface area is 180 Å². The second-order valence-corrected chi connectivity index (χ2v) is 9.03. The number of benzene rings is 3. The van der Waals surface area contributed by atoms with Gasteiger partial charge in [0.1, 0.15) is 0 Å². The van der Waals surface area contributed by atoms with Crippen LogP contribution in [0.1, 0.15) is 5.56 Å². The number of rotatable bonds is 5. The van der Waals surface area contributed by atoms with E-state index in [0.29, 0.717) is 10.7 Å². The summed E-state index contributed by atoms with van der Waals surface area (Å²) in [5.74, 6) is -0.618. The molecule has 3 aromatic rings. The number of para-hydroxylation sites is 1. The highest BCUT2D eigenvalue weighted by Gasteiger charge is 2.16. The van der Waals surface area contributed by atoms with Gasteiger partial charge in [0, 0.05) is 10.0 Å². The molecule has 0 aromatic heterocycles. The van der Waals surface area contributed by atoms with E-state index in [-0.39, 0.29) is 21.2 Å². The minimum atomic E-state index is -3.87. The summed E-state index contributed by atoms with van der Waals surface area (Å²) in [6.07, 6.45) is 0. The molecular weight excluding hydrogens is 487 g/mol. The third-order valence-corrected chi connectivity index (χ3v) is 6.31. The van der Waals surface area contributed by atoms with Gasteiger partial charge in [0.05, 0.1) is 26.3 Å². The topological polar surface area (TPSA) is 81.6 Å². The zero-order valence-electron chi connectivity index (χ0n) is 14.1. The Hall–Kier alpha value is -2.06. The summed E-state index contributed by atoms with van der Waals surface area (Å²) in [7, 11) is -3.87. The number of sulfonamides is 1. The fraction of sp³-hybridized carbons (Fsp3) is 0. The highest BCUT2D eigenvalue weighted by Crippen LogP contribution is 2.27. The number of anilines is 1. The smallest absolute Gasteiger partial charge is 0.261 e. The lowest BCUT2D eigenvalue weighted by atomic mass is 10.2. The molecule has 0 aliphatic rings. The molecule has 0 amide bonds. The van der Waals surface area contributed by atoms with E-state index in [2.05, 4.69) is 25.6 Å². The molecule has 3 rings (SSSR count). The molecule has 9 heteroatoms. The first-order valence-electron chi connectivity index (χ1n) is 7.85. The number of hydrogen-bond acceptors (Lipinski definition) is 4. The minimum absolute atomic E-state index is 0.0689. The maximum atomic E-state index is 12.6. The maximum Gasteiger partial charge on any atom is 0.261 e. The van der Waals surface area contributed by atoms with Gasteiger partial charge < -0.3 is 5.11 Å². The predicted molar refractivity (Wildman–Crippen MR) is 114 cm³/mol. The van der Waals surface area contributed by atoms with Gasteiger partial charge in [-0.1, -0.05) is 57.3 Å². The highest BCUT2D eigenvalue weighted by atomic mass is 79.9. The molecule has 144 valence electrons. The van der Waals surface area contributed by atoms with E-state index in [9.17, 15) is 13.5 Å². The fourth-order valence-electron chi connectivity index (χ4n) is 2.31. The molecular formula is C19H12BrCl2N2O3S-. The number of aliphatic imine (C=N–C) groups is 1. The maximum absolute atomic E-state index is 12.6. The average Bonchev–Trinajstić information content (AvgIpc) is 2.65. The molecule has 0 atom stereocenters. The summed E-state index contributed by atoms with van der Waals surface area (Å²) in [4.78, 5) is 4.05. The highest BCUT2D eigenvalue weighted by molar-refractivity contribution is 9.10. The molecule has 0 saturated carbocycles. The molecule has 0 radical (unpaired) electrons. The third kappa shape index (κ3) is 4.86. The van der Waals surface area contributed by atoms with E-state index in [1.165, 1.54) is 36.4 Å². The van der Waals surface area contributed by atoms with Gasteiger partial charge in [-0.15, -0.1) is 0 Å². The van der Waals surface area contributed by atoms with E-state index in [1.54, 1.807) is 30.3 Å².